The van der Waals surface area contributed by atoms with E-state index in [-0.39, 0.29) is 11.5 Å². The molecule has 0 radical (unpaired) electrons. The second kappa shape index (κ2) is 7.27. The number of carbonyl (C=O) groups is 2. The van der Waals surface area contributed by atoms with Crippen LogP contribution in [-0.2, 0) is 6.54 Å². The molecule has 0 saturated carbocycles. The first-order valence-corrected chi connectivity index (χ1v) is 8.08. The zero-order chi connectivity index (χ0) is 16.9. The summed E-state index contributed by atoms with van der Waals surface area (Å²) in [5.74, 6) is -1.26. The van der Waals surface area contributed by atoms with E-state index in [1.165, 1.54) is 30.5 Å². The van der Waals surface area contributed by atoms with Crippen molar-refractivity contribution in [3.05, 3.63) is 65.2 Å². The molecule has 24 heavy (non-hydrogen) atoms. The Morgan fingerprint density at radius 2 is 1.71 bits per heavy atom. The summed E-state index contributed by atoms with van der Waals surface area (Å²) >= 11 is 0. The quantitative estimate of drug-likeness (QED) is 0.886. The Bertz CT molecular complexity index is 735. The third-order valence-corrected chi connectivity index (χ3v) is 4.19. The number of anilines is 1. The minimum Gasteiger partial charge on any atom is -0.478 e. The Morgan fingerprint density at radius 3 is 2.38 bits per heavy atom. The molecule has 0 aromatic heterocycles. The summed E-state index contributed by atoms with van der Waals surface area (Å²) in [6, 6.07) is 13.8. The van der Waals surface area contributed by atoms with Crippen molar-refractivity contribution >= 4 is 17.6 Å². The van der Waals surface area contributed by atoms with Crippen molar-refractivity contribution in [3.63, 3.8) is 0 Å². The van der Waals surface area contributed by atoms with Crippen molar-refractivity contribution < 1.29 is 14.7 Å². The highest BCUT2D eigenvalue weighted by atomic mass is 16.4. The van der Waals surface area contributed by atoms with E-state index in [0.717, 1.165) is 19.6 Å². The van der Waals surface area contributed by atoms with Crippen LogP contribution in [0.1, 0.15) is 39.1 Å². The molecule has 1 aliphatic heterocycles. The van der Waals surface area contributed by atoms with E-state index >= 15 is 0 Å². The van der Waals surface area contributed by atoms with Gasteiger partial charge in [-0.15, -0.1) is 0 Å². The first-order chi connectivity index (χ1) is 11.6. The second-order valence-electron chi connectivity index (χ2n) is 6.02. The first-order valence-electron chi connectivity index (χ1n) is 8.08. The molecule has 0 aliphatic carbocycles. The van der Waals surface area contributed by atoms with Crippen LogP contribution in [0.3, 0.4) is 0 Å². The number of rotatable bonds is 5. The molecule has 1 fully saturated rings. The van der Waals surface area contributed by atoms with Crippen molar-refractivity contribution in [2.45, 2.75) is 19.4 Å². The summed E-state index contributed by atoms with van der Waals surface area (Å²) in [5.41, 5.74) is 2.37. The number of hydrogen-bond acceptors (Lipinski definition) is 3. The van der Waals surface area contributed by atoms with Crippen molar-refractivity contribution in [3.8, 4) is 0 Å². The van der Waals surface area contributed by atoms with Gasteiger partial charge >= 0.3 is 5.97 Å². The molecule has 0 spiro atoms. The molecular weight excluding hydrogens is 304 g/mol. The number of amides is 1. The van der Waals surface area contributed by atoms with Gasteiger partial charge in [0.1, 0.15) is 0 Å². The van der Waals surface area contributed by atoms with Crippen molar-refractivity contribution in [1.29, 1.82) is 0 Å². The highest BCUT2D eigenvalue weighted by molar-refractivity contribution is 6.04. The van der Waals surface area contributed by atoms with Gasteiger partial charge in [0, 0.05) is 17.8 Å². The molecular formula is C19H20N2O3. The summed E-state index contributed by atoms with van der Waals surface area (Å²) in [6.07, 6.45) is 2.52. The lowest BCUT2D eigenvalue weighted by molar-refractivity contribution is 0.0696. The zero-order valence-electron chi connectivity index (χ0n) is 13.4. The minimum atomic E-state index is -1.02. The lowest BCUT2D eigenvalue weighted by Gasteiger charge is -2.14. The van der Waals surface area contributed by atoms with Crippen LogP contribution in [0.4, 0.5) is 5.69 Å². The Morgan fingerprint density at radius 1 is 1.00 bits per heavy atom. The van der Waals surface area contributed by atoms with Crippen molar-refractivity contribution in [1.82, 2.24) is 4.90 Å². The van der Waals surface area contributed by atoms with Gasteiger partial charge in [-0.1, -0.05) is 18.2 Å². The monoisotopic (exact) mass is 324 g/mol. The molecule has 124 valence electrons. The second-order valence-corrected chi connectivity index (χ2v) is 6.02. The molecule has 5 nitrogen and oxygen atoms in total. The van der Waals surface area contributed by atoms with Gasteiger partial charge in [-0.25, -0.2) is 4.79 Å². The topological polar surface area (TPSA) is 69.6 Å². The predicted octanol–water partition coefficient (Wildman–Crippen LogP) is 3.23. The van der Waals surface area contributed by atoms with Crippen LogP contribution < -0.4 is 5.32 Å². The molecule has 2 N–H and O–H groups in total. The van der Waals surface area contributed by atoms with E-state index in [9.17, 15) is 9.59 Å². The van der Waals surface area contributed by atoms with E-state index < -0.39 is 5.97 Å². The van der Waals surface area contributed by atoms with Gasteiger partial charge < -0.3 is 10.4 Å². The summed E-state index contributed by atoms with van der Waals surface area (Å²) < 4.78 is 0. The molecule has 2 aromatic carbocycles. The van der Waals surface area contributed by atoms with Crippen LogP contribution in [0.2, 0.25) is 0 Å². The normalized spacial score (nSPS) is 14.5. The summed E-state index contributed by atoms with van der Waals surface area (Å²) in [5, 5.41) is 11.7. The van der Waals surface area contributed by atoms with Gasteiger partial charge in [0.05, 0.1) is 5.56 Å². The molecule has 0 unspecified atom stereocenters. The molecule has 3 rings (SSSR count). The SMILES string of the molecule is O=C(O)c1cccc(NC(=O)c2ccc(CN3CCCC3)cc2)c1. The van der Waals surface area contributed by atoms with E-state index in [4.69, 9.17) is 5.11 Å². The number of likely N-dealkylation sites (tertiary alicyclic amines) is 1. The van der Waals surface area contributed by atoms with E-state index in [1.54, 1.807) is 12.1 Å². The number of carboxylic acid groups (broad SMARTS) is 1. The Hall–Kier alpha value is -2.66. The van der Waals surface area contributed by atoms with Crippen LogP contribution >= 0.6 is 0 Å². The number of hydrogen-bond donors (Lipinski definition) is 2. The molecule has 0 bridgehead atoms. The highest BCUT2D eigenvalue weighted by Gasteiger charge is 2.12. The van der Waals surface area contributed by atoms with Crippen molar-refractivity contribution in [2.75, 3.05) is 18.4 Å². The minimum absolute atomic E-state index is 0.147. The molecule has 5 heteroatoms. The predicted molar refractivity (Wildman–Crippen MR) is 92.3 cm³/mol. The highest BCUT2D eigenvalue weighted by Crippen LogP contribution is 2.15. The van der Waals surface area contributed by atoms with Crippen LogP contribution in [-0.4, -0.2) is 35.0 Å². The Balaban J connectivity index is 1.64. The number of nitrogens with one attached hydrogen (secondary N) is 1. The maximum atomic E-state index is 12.3. The lowest BCUT2D eigenvalue weighted by atomic mass is 10.1. The van der Waals surface area contributed by atoms with Gasteiger partial charge in [-0.3, -0.25) is 9.69 Å². The van der Waals surface area contributed by atoms with Gasteiger partial charge in [0.15, 0.2) is 0 Å². The number of benzene rings is 2. The van der Waals surface area contributed by atoms with Crippen LogP contribution in [0, 0.1) is 0 Å². The van der Waals surface area contributed by atoms with Gasteiger partial charge in [-0.05, 0) is 61.8 Å². The Kier molecular flexibility index (Phi) is 4.91. The lowest BCUT2D eigenvalue weighted by Crippen LogP contribution is -2.18. The standard InChI is InChI=1S/C19H20N2O3/c22-18(20-17-5-3-4-16(12-17)19(23)24)15-8-6-14(7-9-15)13-21-10-1-2-11-21/h3-9,12H,1-2,10-11,13H2,(H,20,22)(H,23,24). The Labute approximate surface area is 140 Å². The molecule has 1 saturated heterocycles. The molecule has 1 heterocycles. The third-order valence-electron chi connectivity index (χ3n) is 4.19. The number of nitrogens with zero attached hydrogens (tertiary/aromatic N) is 1. The fourth-order valence-electron chi connectivity index (χ4n) is 2.89. The smallest absolute Gasteiger partial charge is 0.335 e. The van der Waals surface area contributed by atoms with E-state index in [1.807, 2.05) is 24.3 Å². The maximum Gasteiger partial charge on any atom is 0.335 e. The summed E-state index contributed by atoms with van der Waals surface area (Å²) in [6.45, 7) is 3.20. The van der Waals surface area contributed by atoms with Crippen LogP contribution in [0.15, 0.2) is 48.5 Å². The fraction of sp³-hybridized carbons (Fsp3) is 0.263. The molecule has 1 amide bonds. The summed E-state index contributed by atoms with van der Waals surface area (Å²) in [4.78, 5) is 25.7. The zero-order valence-corrected chi connectivity index (χ0v) is 13.4. The molecule has 1 aliphatic rings. The van der Waals surface area contributed by atoms with E-state index in [0.29, 0.717) is 11.3 Å². The number of carboxylic acids is 1. The number of aromatic carboxylic acids is 1. The van der Waals surface area contributed by atoms with Crippen LogP contribution in [0.25, 0.3) is 0 Å². The number of carbonyl (C=O) groups excluding carboxylic acids is 1. The molecule has 0 atom stereocenters. The fourth-order valence-corrected chi connectivity index (χ4v) is 2.89. The van der Waals surface area contributed by atoms with Gasteiger partial charge in [0.2, 0.25) is 0 Å². The molecule has 2 aromatic rings. The van der Waals surface area contributed by atoms with Crippen molar-refractivity contribution in [2.24, 2.45) is 0 Å². The van der Waals surface area contributed by atoms with Crippen LogP contribution in [0.5, 0.6) is 0 Å². The largest absolute Gasteiger partial charge is 0.478 e. The maximum absolute atomic E-state index is 12.3. The van der Waals surface area contributed by atoms with E-state index in [2.05, 4.69) is 10.2 Å². The first kappa shape index (κ1) is 16.2. The van der Waals surface area contributed by atoms with Gasteiger partial charge in [0.25, 0.3) is 5.91 Å². The average Bonchev–Trinajstić information content (AvgIpc) is 3.08. The summed E-state index contributed by atoms with van der Waals surface area (Å²) in [7, 11) is 0. The van der Waals surface area contributed by atoms with Gasteiger partial charge in [-0.2, -0.15) is 0 Å². The average molecular weight is 324 g/mol. The third kappa shape index (κ3) is 4.00.